The minimum atomic E-state index is -3.66. The maximum Gasteiger partial charge on any atom is 0.313 e. The Hall–Kier alpha value is -1.48. The SMILES string of the molecule is CCOC(=O)C1CNNC1S(=O)(=O)N1CCCC1Cc1ccccc1. The fourth-order valence-electron chi connectivity index (χ4n) is 3.60. The Bertz CT molecular complexity index is 695. The van der Waals surface area contributed by atoms with Crippen molar-refractivity contribution in [3.05, 3.63) is 35.9 Å². The van der Waals surface area contributed by atoms with Gasteiger partial charge < -0.3 is 4.74 Å². The first-order chi connectivity index (χ1) is 12.0. The molecule has 0 aliphatic carbocycles. The van der Waals surface area contributed by atoms with Gasteiger partial charge >= 0.3 is 5.97 Å². The molecular formula is C17H25N3O4S. The third-order valence-corrected chi connectivity index (χ3v) is 7.03. The van der Waals surface area contributed by atoms with Crippen LogP contribution in [-0.2, 0) is 26.0 Å². The van der Waals surface area contributed by atoms with E-state index in [4.69, 9.17) is 4.74 Å². The highest BCUT2D eigenvalue weighted by Crippen LogP contribution is 2.29. The molecule has 8 heteroatoms. The van der Waals surface area contributed by atoms with E-state index in [1.807, 2.05) is 30.3 Å². The number of carbonyl (C=O) groups excluding carboxylic acids is 1. The van der Waals surface area contributed by atoms with Gasteiger partial charge in [-0.25, -0.2) is 13.8 Å². The molecule has 0 amide bonds. The first-order valence-electron chi connectivity index (χ1n) is 8.73. The number of hydrogen-bond acceptors (Lipinski definition) is 6. The summed E-state index contributed by atoms with van der Waals surface area (Å²) in [5.41, 5.74) is 6.69. The fraction of sp³-hybridized carbons (Fsp3) is 0.588. The monoisotopic (exact) mass is 367 g/mol. The summed E-state index contributed by atoms with van der Waals surface area (Å²) in [5.74, 6) is -1.21. The predicted octanol–water partition coefficient (Wildman–Crippen LogP) is 0.637. The average Bonchev–Trinajstić information content (AvgIpc) is 3.26. The number of nitrogens with zero attached hydrogens (tertiary/aromatic N) is 1. The van der Waals surface area contributed by atoms with Gasteiger partial charge in [0.05, 0.1) is 6.61 Å². The third kappa shape index (κ3) is 3.87. The molecular weight excluding hydrogens is 342 g/mol. The van der Waals surface area contributed by atoms with E-state index >= 15 is 0 Å². The summed E-state index contributed by atoms with van der Waals surface area (Å²) in [6.07, 6.45) is 2.35. The van der Waals surface area contributed by atoms with Crippen molar-refractivity contribution >= 4 is 16.0 Å². The second-order valence-corrected chi connectivity index (χ2v) is 8.45. The molecule has 0 aromatic heterocycles. The molecule has 0 saturated carbocycles. The minimum Gasteiger partial charge on any atom is -0.466 e. The number of hydrazine groups is 1. The lowest BCUT2D eigenvalue weighted by Crippen LogP contribution is -2.50. The van der Waals surface area contributed by atoms with Crippen molar-refractivity contribution in [2.45, 2.75) is 37.6 Å². The van der Waals surface area contributed by atoms with E-state index in [0.29, 0.717) is 13.0 Å². The van der Waals surface area contributed by atoms with Gasteiger partial charge in [0.15, 0.2) is 5.37 Å². The first-order valence-corrected chi connectivity index (χ1v) is 10.2. The van der Waals surface area contributed by atoms with Gasteiger partial charge in [-0.2, -0.15) is 4.31 Å². The van der Waals surface area contributed by atoms with E-state index in [1.165, 1.54) is 0 Å². The summed E-state index contributed by atoms with van der Waals surface area (Å²) in [5, 5.41) is -0.983. The van der Waals surface area contributed by atoms with Crippen LogP contribution in [0.15, 0.2) is 30.3 Å². The molecule has 2 fully saturated rings. The van der Waals surface area contributed by atoms with E-state index in [9.17, 15) is 13.2 Å². The van der Waals surface area contributed by atoms with Gasteiger partial charge in [0.25, 0.3) is 0 Å². The minimum absolute atomic E-state index is 0.0716. The summed E-state index contributed by atoms with van der Waals surface area (Å²) in [6, 6.07) is 9.83. The van der Waals surface area contributed by atoms with E-state index in [2.05, 4.69) is 10.9 Å². The fourth-order valence-corrected chi connectivity index (χ4v) is 5.72. The van der Waals surface area contributed by atoms with Crippen molar-refractivity contribution in [2.75, 3.05) is 19.7 Å². The van der Waals surface area contributed by atoms with E-state index < -0.39 is 27.3 Å². The Labute approximate surface area is 148 Å². The van der Waals surface area contributed by atoms with Crippen LogP contribution in [0, 0.1) is 5.92 Å². The summed E-state index contributed by atoms with van der Waals surface area (Å²) >= 11 is 0. The number of benzene rings is 1. The van der Waals surface area contributed by atoms with Crippen molar-refractivity contribution in [1.82, 2.24) is 15.2 Å². The zero-order chi connectivity index (χ0) is 17.9. The largest absolute Gasteiger partial charge is 0.466 e. The Morgan fingerprint density at radius 2 is 2.08 bits per heavy atom. The van der Waals surface area contributed by atoms with Gasteiger partial charge in [0.1, 0.15) is 5.92 Å². The van der Waals surface area contributed by atoms with Crippen LogP contribution in [0.2, 0.25) is 0 Å². The lowest BCUT2D eigenvalue weighted by molar-refractivity contribution is -0.147. The molecule has 2 aliphatic rings. The topological polar surface area (TPSA) is 87.7 Å². The molecule has 1 aromatic carbocycles. The Morgan fingerprint density at radius 3 is 2.80 bits per heavy atom. The lowest BCUT2D eigenvalue weighted by atomic mass is 10.1. The van der Waals surface area contributed by atoms with Crippen LogP contribution in [0.1, 0.15) is 25.3 Å². The normalized spacial score (nSPS) is 27.5. The number of esters is 1. The Kier molecular flexibility index (Phi) is 5.73. The van der Waals surface area contributed by atoms with E-state index in [1.54, 1.807) is 11.2 Å². The van der Waals surface area contributed by atoms with Gasteiger partial charge in [-0.1, -0.05) is 30.3 Å². The molecule has 0 bridgehead atoms. The van der Waals surface area contributed by atoms with Crippen molar-refractivity contribution in [3.8, 4) is 0 Å². The van der Waals surface area contributed by atoms with Crippen LogP contribution in [-0.4, -0.2) is 49.8 Å². The standard InChI is InChI=1S/C17H25N3O4S/c1-2-24-17(21)15-12-18-19-16(15)25(22,23)20-10-6-9-14(20)11-13-7-4-3-5-8-13/h3-5,7-8,14-16,18-19H,2,6,9-12H2,1H3. The number of sulfonamides is 1. The third-order valence-electron chi connectivity index (χ3n) is 4.81. The van der Waals surface area contributed by atoms with Gasteiger partial charge in [-0.15, -0.1) is 0 Å². The molecule has 2 heterocycles. The number of nitrogens with one attached hydrogen (secondary N) is 2. The molecule has 25 heavy (non-hydrogen) atoms. The van der Waals surface area contributed by atoms with Gasteiger partial charge in [0, 0.05) is 19.1 Å². The van der Waals surface area contributed by atoms with Crippen molar-refractivity contribution in [3.63, 3.8) is 0 Å². The van der Waals surface area contributed by atoms with Gasteiger partial charge in [-0.3, -0.25) is 10.2 Å². The maximum atomic E-state index is 13.2. The van der Waals surface area contributed by atoms with Gasteiger partial charge in [-0.05, 0) is 31.7 Å². The second-order valence-electron chi connectivity index (χ2n) is 6.45. The quantitative estimate of drug-likeness (QED) is 0.718. The highest BCUT2D eigenvalue weighted by atomic mass is 32.2. The highest BCUT2D eigenvalue weighted by Gasteiger charge is 2.47. The first kappa shape index (κ1) is 18.3. The number of carbonyl (C=O) groups is 1. The van der Waals surface area contributed by atoms with E-state index in [0.717, 1.165) is 18.4 Å². The molecule has 3 atom stereocenters. The summed E-state index contributed by atoms with van der Waals surface area (Å²) < 4.78 is 32.9. The number of ether oxygens (including phenoxy) is 1. The summed E-state index contributed by atoms with van der Waals surface area (Å²) in [6.45, 7) is 2.70. The zero-order valence-electron chi connectivity index (χ0n) is 14.3. The summed E-state index contributed by atoms with van der Waals surface area (Å²) in [7, 11) is -3.66. The molecule has 3 unspecified atom stereocenters. The molecule has 138 valence electrons. The van der Waals surface area contributed by atoms with Crippen LogP contribution in [0.3, 0.4) is 0 Å². The van der Waals surface area contributed by atoms with Crippen molar-refractivity contribution in [2.24, 2.45) is 5.92 Å². The lowest BCUT2D eigenvalue weighted by Gasteiger charge is -2.28. The highest BCUT2D eigenvalue weighted by molar-refractivity contribution is 7.89. The molecule has 3 rings (SSSR count). The van der Waals surface area contributed by atoms with Crippen LogP contribution in [0.4, 0.5) is 0 Å². The second kappa shape index (κ2) is 7.82. The van der Waals surface area contributed by atoms with Gasteiger partial charge in [0.2, 0.25) is 10.0 Å². The molecule has 2 saturated heterocycles. The molecule has 0 spiro atoms. The van der Waals surface area contributed by atoms with Crippen LogP contribution in [0.5, 0.6) is 0 Å². The zero-order valence-corrected chi connectivity index (χ0v) is 15.2. The number of rotatable bonds is 6. The molecule has 2 aliphatic heterocycles. The predicted molar refractivity (Wildman–Crippen MR) is 93.8 cm³/mol. The average molecular weight is 367 g/mol. The molecule has 1 aromatic rings. The maximum absolute atomic E-state index is 13.2. The van der Waals surface area contributed by atoms with Crippen molar-refractivity contribution < 1.29 is 17.9 Å². The van der Waals surface area contributed by atoms with Crippen molar-refractivity contribution in [1.29, 1.82) is 0 Å². The molecule has 2 N–H and O–H groups in total. The summed E-state index contributed by atoms with van der Waals surface area (Å²) in [4.78, 5) is 12.1. The van der Waals surface area contributed by atoms with Crippen LogP contribution < -0.4 is 10.9 Å². The Morgan fingerprint density at radius 1 is 1.32 bits per heavy atom. The molecule has 0 radical (unpaired) electrons. The van der Waals surface area contributed by atoms with E-state index in [-0.39, 0.29) is 19.2 Å². The smallest absolute Gasteiger partial charge is 0.313 e. The van der Waals surface area contributed by atoms with Crippen LogP contribution in [0.25, 0.3) is 0 Å². The van der Waals surface area contributed by atoms with Crippen LogP contribution >= 0.6 is 0 Å². The number of hydrogen-bond donors (Lipinski definition) is 2. The Balaban J connectivity index is 1.77. The molecule has 7 nitrogen and oxygen atoms in total.